The molecule has 0 aliphatic rings. The van der Waals surface area contributed by atoms with Crippen LogP contribution in [0, 0.1) is 6.42 Å². The summed E-state index contributed by atoms with van der Waals surface area (Å²) < 4.78 is 5.66. The molecule has 0 aromatic heterocycles. The SMILES string of the molecule is OC[CH]c1cccc(Oc2ccccc2)c1. The Morgan fingerprint density at radius 2 is 1.69 bits per heavy atom. The van der Waals surface area contributed by atoms with Crippen molar-refractivity contribution in [2.24, 2.45) is 0 Å². The van der Waals surface area contributed by atoms with Crippen LogP contribution in [-0.2, 0) is 0 Å². The molecule has 0 saturated carbocycles. The molecule has 2 aromatic rings. The highest BCUT2D eigenvalue weighted by Gasteiger charge is 1.98. The molecule has 0 spiro atoms. The quantitative estimate of drug-likeness (QED) is 0.845. The van der Waals surface area contributed by atoms with Gasteiger partial charge in [-0.15, -0.1) is 0 Å². The number of aliphatic hydroxyl groups excluding tert-OH is 1. The molecule has 0 aliphatic carbocycles. The highest BCUT2D eigenvalue weighted by atomic mass is 16.5. The first-order valence-electron chi connectivity index (χ1n) is 5.15. The maximum atomic E-state index is 8.80. The van der Waals surface area contributed by atoms with Crippen molar-refractivity contribution in [1.82, 2.24) is 0 Å². The summed E-state index contributed by atoms with van der Waals surface area (Å²) in [5.74, 6) is 1.58. The van der Waals surface area contributed by atoms with Gasteiger partial charge < -0.3 is 9.84 Å². The van der Waals surface area contributed by atoms with Crippen LogP contribution in [-0.4, -0.2) is 11.7 Å². The topological polar surface area (TPSA) is 29.5 Å². The molecule has 0 bridgehead atoms. The second-order valence-electron chi connectivity index (χ2n) is 3.37. The van der Waals surface area contributed by atoms with Crippen molar-refractivity contribution < 1.29 is 9.84 Å². The van der Waals surface area contributed by atoms with Crippen molar-refractivity contribution in [3.8, 4) is 11.5 Å². The van der Waals surface area contributed by atoms with E-state index >= 15 is 0 Å². The minimum atomic E-state index is 0.0365. The molecule has 0 heterocycles. The monoisotopic (exact) mass is 213 g/mol. The Morgan fingerprint density at radius 1 is 0.938 bits per heavy atom. The van der Waals surface area contributed by atoms with Gasteiger partial charge in [0.05, 0.1) is 6.61 Å². The fraction of sp³-hybridized carbons (Fsp3) is 0.0714. The predicted octanol–water partition coefficient (Wildman–Crippen LogP) is 3.02. The summed E-state index contributed by atoms with van der Waals surface area (Å²) in [6.07, 6.45) is 1.73. The zero-order valence-corrected chi connectivity index (χ0v) is 8.84. The summed E-state index contributed by atoms with van der Waals surface area (Å²) >= 11 is 0. The average Bonchev–Trinajstić information content (AvgIpc) is 2.31. The minimum absolute atomic E-state index is 0.0365. The average molecular weight is 213 g/mol. The van der Waals surface area contributed by atoms with Crippen molar-refractivity contribution in [2.45, 2.75) is 0 Å². The van der Waals surface area contributed by atoms with Crippen LogP contribution in [0.3, 0.4) is 0 Å². The van der Waals surface area contributed by atoms with Crippen LogP contribution in [0.1, 0.15) is 5.56 Å². The van der Waals surface area contributed by atoms with Gasteiger partial charge in [-0.25, -0.2) is 0 Å². The van der Waals surface area contributed by atoms with Crippen molar-refractivity contribution in [2.75, 3.05) is 6.61 Å². The van der Waals surface area contributed by atoms with E-state index in [-0.39, 0.29) is 6.61 Å². The van der Waals surface area contributed by atoms with Gasteiger partial charge in [-0.1, -0.05) is 30.3 Å². The lowest BCUT2D eigenvalue weighted by molar-refractivity contribution is 0.331. The molecule has 0 unspecified atom stereocenters. The number of hydrogen-bond acceptors (Lipinski definition) is 2. The largest absolute Gasteiger partial charge is 0.457 e. The smallest absolute Gasteiger partial charge is 0.127 e. The third-order valence-electron chi connectivity index (χ3n) is 2.16. The van der Waals surface area contributed by atoms with E-state index in [2.05, 4.69) is 0 Å². The van der Waals surface area contributed by atoms with Crippen LogP contribution in [0.4, 0.5) is 0 Å². The zero-order valence-electron chi connectivity index (χ0n) is 8.84. The van der Waals surface area contributed by atoms with Gasteiger partial charge in [0.1, 0.15) is 11.5 Å². The van der Waals surface area contributed by atoms with E-state index in [1.54, 1.807) is 6.42 Å². The second-order valence-corrected chi connectivity index (χ2v) is 3.37. The maximum absolute atomic E-state index is 8.80. The second kappa shape index (κ2) is 5.33. The molecule has 2 nitrogen and oxygen atoms in total. The molecule has 2 aromatic carbocycles. The Bertz CT molecular complexity index is 437. The Kier molecular flexibility index (Phi) is 3.57. The number of para-hydroxylation sites is 1. The van der Waals surface area contributed by atoms with Crippen LogP contribution >= 0.6 is 0 Å². The van der Waals surface area contributed by atoms with Gasteiger partial charge in [0, 0.05) is 6.42 Å². The molecule has 16 heavy (non-hydrogen) atoms. The highest BCUT2D eigenvalue weighted by molar-refractivity contribution is 5.36. The molecule has 81 valence electrons. The molecule has 0 saturated heterocycles. The van der Waals surface area contributed by atoms with Gasteiger partial charge >= 0.3 is 0 Å². The van der Waals surface area contributed by atoms with E-state index in [9.17, 15) is 0 Å². The molecule has 2 rings (SSSR count). The molecule has 0 atom stereocenters. The van der Waals surface area contributed by atoms with E-state index in [1.807, 2.05) is 54.6 Å². The van der Waals surface area contributed by atoms with Crippen molar-refractivity contribution in [3.63, 3.8) is 0 Å². The summed E-state index contributed by atoms with van der Waals surface area (Å²) in [5, 5.41) is 8.80. The number of ether oxygens (including phenoxy) is 1. The van der Waals surface area contributed by atoms with E-state index < -0.39 is 0 Å². The molecule has 0 amide bonds. The van der Waals surface area contributed by atoms with Crippen molar-refractivity contribution in [1.29, 1.82) is 0 Å². The fourth-order valence-electron chi connectivity index (χ4n) is 1.44. The molecule has 0 fully saturated rings. The lowest BCUT2D eigenvalue weighted by Crippen LogP contribution is -1.89. The van der Waals surface area contributed by atoms with E-state index in [0.29, 0.717) is 0 Å². The molecule has 2 heteroatoms. The minimum Gasteiger partial charge on any atom is -0.457 e. The Balaban J connectivity index is 2.12. The molecular formula is C14H13O2. The molecule has 1 radical (unpaired) electrons. The number of aliphatic hydroxyl groups is 1. The molecular weight excluding hydrogens is 200 g/mol. The Labute approximate surface area is 95.1 Å². The Hall–Kier alpha value is -1.80. The first-order valence-corrected chi connectivity index (χ1v) is 5.15. The fourth-order valence-corrected chi connectivity index (χ4v) is 1.44. The zero-order chi connectivity index (χ0) is 11.2. The standard InChI is InChI=1S/C14H13O2/c15-10-9-12-5-4-8-14(11-12)16-13-6-2-1-3-7-13/h1-9,11,15H,10H2. The van der Waals surface area contributed by atoms with Crippen molar-refractivity contribution >= 4 is 0 Å². The highest BCUT2D eigenvalue weighted by Crippen LogP contribution is 2.22. The maximum Gasteiger partial charge on any atom is 0.127 e. The van der Waals surface area contributed by atoms with Gasteiger partial charge in [-0.05, 0) is 29.8 Å². The predicted molar refractivity (Wildman–Crippen MR) is 63.4 cm³/mol. The van der Waals surface area contributed by atoms with Crippen LogP contribution in [0.25, 0.3) is 0 Å². The van der Waals surface area contributed by atoms with Crippen molar-refractivity contribution in [3.05, 3.63) is 66.6 Å². The van der Waals surface area contributed by atoms with E-state index in [4.69, 9.17) is 9.84 Å². The van der Waals surface area contributed by atoms with Gasteiger partial charge in [-0.3, -0.25) is 0 Å². The summed E-state index contributed by atoms with van der Waals surface area (Å²) in [6, 6.07) is 17.2. The number of rotatable bonds is 4. The van der Waals surface area contributed by atoms with Gasteiger partial charge in [-0.2, -0.15) is 0 Å². The summed E-state index contributed by atoms with van der Waals surface area (Å²) in [5.41, 5.74) is 0.955. The molecule has 0 aliphatic heterocycles. The number of hydrogen-bond donors (Lipinski definition) is 1. The van der Waals surface area contributed by atoms with Gasteiger partial charge in [0.2, 0.25) is 0 Å². The lowest BCUT2D eigenvalue weighted by Gasteiger charge is -2.06. The summed E-state index contributed by atoms with van der Waals surface area (Å²) in [7, 11) is 0. The van der Waals surface area contributed by atoms with Crippen LogP contribution < -0.4 is 4.74 Å². The summed E-state index contributed by atoms with van der Waals surface area (Å²) in [6.45, 7) is 0.0365. The first-order chi connectivity index (χ1) is 7.88. The van der Waals surface area contributed by atoms with Crippen LogP contribution in [0.2, 0.25) is 0 Å². The van der Waals surface area contributed by atoms with Gasteiger partial charge in [0.15, 0.2) is 0 Å². The van der Waals surface area contributed by atoms with E-state index in [0.717, 1.165) is 17.1 Å². The van der Waals surface area contributed by atoms with Gasteiger partial charge in [0.25, 0.3) is 0 Å². The van der Waals surface area contributed by atoms with E-state index in [1.165, 1.54) is 0 Å². The van der Waals surface area contributed by atoms with Crippen LogP contribution in [0.5, 0.6) is 11.5 Å². The Morgan fingerprint density at radius 3 is 2.44 bits per heavy atom. The van der Waals surface area contributed by atoms with Crippen LogP contribution in [0.15, 0.2) is 54.6 Å². The third-order valence-corrected chi connectivity index (χ3v) is 2.16. The molecule has 1 N–H and O–H groups in total. The lowest BCUT2D eigenvalue weighted by atomic mass is 10.1. The summed E-state index contributed by atoms with van der Waals surface area (Å²) in [4.78, 5) is 0. The normalized spacial score (nSPS) is 10.1. The third kappa shape index (κ3) is 2.84. The number of benzene rings is 2. The first kappa shape index (κ1) is 10.7.